The number of hydrogen-bond donors (Lipinski definition) is 3. The molecule has 0 bridgehead atoms. The van der Waals surface area contributed by atoms with Crippen LogP contribution in [0.4, 0.5) is 4.79 Å². The molecule has 0 aromatic heterocycles. The molecule has 0 radical (unpaired) electrons. The van der Waals surface area contributed by atoms with E-state index in [-0.39, 0.29) is 30.5 Å². The van der Waals surface area contributed by atoms with E-state index in [1.807, 2.05) is 25.6 Å². The van der Waals surface area contributed by atoms with Gasteiger partial charge in [-0.3, -0.25) is 4.79 Å². The summed E-state index contributed by atoms with van der Waals surface area (Å²) < 4.78 is 0. The van der Waals surface area contributed by atoms with Gasteiger partial charge in [-0.2, -0.15) is 11.8 Å². The van der Waals surface area contributed by atoms with E-state index in [1.54, 1.807) is 0 Å². The van der Waals surface area contributed by atoms with Gasteiger partial charge in [0.05, 0.1) is 6.42 Å². The van der Waals surface area contributed by atoms with Crippen molar-refractivity contribution in [2.24, 2.45) is 5.92 Å². The monoisotopic (exact) mass is 260 g/mol. The van der Waals surface area contributed by atoms with Crippen LogP contribution < -0.4 is 10.6 Å². The highest BCUT2D eigenvalue weighted by molar-refractivity contribution is 7.99. The van der Waals surface area contributed by atoms with Crippen molar-refractivity contribution in [1.29, 1.82) is 0 Å². The van der Waals surface area contributed by atoms with Crippen molar-refractivity contribution in [3.05, 3.63) is 0 Å². The van der Waals surface area contributed by atoms with Crippen LogP contribution in [-0.4, -0.2) is 40.7 Å². The number of hydrogen-bond acceptors (Lipinski definition) is 3. The highest BCUT2D eigenvalue weighted by atomic mass is 32.2. The smallest absolute Gasteiger partial charge is 0.315 e. The number of rotatable bonds is 5. The van der Waals surface area contributed by atoms with E-state index >= 15 is 0 Å². The second-order valence-corrected chi connectivity index (χ2v) is 5.78. The summed E-state index contributed by atoms with van der Waals surface area (Å²) in [4.78, 5) is 22.3. The Kier molecular flexibility index (Phi) is 5.61. The number of carboxylic acids is 1. The SMILES string of the molecule is CC(C)C(CC(=O)O)NC(=O)NC1CCSC1. The van der Waals surface area contributed by atoms with Crippen LogP contribution in [-0.2, 0) is 4.79 Å². The van der Waals surface area contributed by atoms with Crippen LogP contribution >= 0.6 is 11.8 Å². The van der Waals surface area contributed by atoms with E-state index in [9.17, 15) is 9.59 Å². The first kappa shape index (κ1) is 14.2. The molecule has 0 aromatic carbocycles. The number of urea groups is 1. The molecule has 1 aliphatic heterocycles. The predicted molar refractivity (Wildman–Crippen MR) is 68.3 cm³/mol. The second-order valence-electron chi connectivity index (χ2n) is 4.63. The topological polar surface area (TPSA) is 78.4 Å². The number of amides is 2. The third-order valence-corrected chi connectivity index (χ3v) is 3.94. The van der Waals surface area contributed by atoms with Crippen LogP contribution in [0.2, 0.25) is 0 Å². The lowest BCUT2D eigenvalue weighted by molar-refractivity contribution is -0.137. The minimum Gasteiger partial charge on any atom is -0.481 e. The molecule has 6 heteroatoms. The molecule has 17 heavy (non-hydrogen) atoms. The van der Waals surface area contributed by atoms with Gasteiger partial charge in [0, 0.05) is 17.8 Å². The summed E-state index contributed by atoms with van der Waals surface area (Å²) in [5.74, 6) is 1.24. The zero-order valence-corrected chi connectivity index (χ0v) is 11.0. The Morgan fingerprint density at radius 1 is 1.47 bits per heavy atom. The fourth-order valence-electron chi connectivity index (χ4n) is 1.69. The molecular formula is C11H20N2O3S. The first-order valence-corrected chi connectivity index (χ1v) is 7.01. The molecule has 0 saturated carbocycles. The summed E-state index contributed by atoms with van der Waals surface area (Å²) in [5, 5.41) is 14.4. The highest BCUT2D eigenvalue weighted by Crippen LogP contribution is 2.16. The van der Waals surface area contributed by atoms with E-state index in [1.165, 1.54) is 0 Å². The molecule has 0 spiro atoms. The summed E-state index contributed by atoms with van der Waals surface area (Å²) >= 11 is 1.82. The zero-order chi connectivity index (χ0) is 12.8. The number of carbonyl (C=O) groups is 2. The van der Waals surface area contributed by atoms with Crippen LogP contribution in [0.5, 0.6) is 0 Å². The van der Waals surface area contributed by atoms with Gasteiger partial charge in [0.1, 0.15) is 0 Å². The van der Waals surface area contributed by atoms with Crippen molar-refractivity contribution in [3.63, 3.8) is 0 Å². The van der Waals surface area contributed by atoms with Crippen molar-refractivity contribution >= 4 is 23.8 Å². The van der Waals surface area contributed by atoms with Gasteiger partial charge < -0.3 is 15.7 Å². The van der Waals surface area contributed by atoms with E-state index in [0.29, 0.717) is 0 Å². The third-order valence-electron chi connectivity index (χ3n) is 2.78. The fraction of sp³-hybridized carbons (Fsp3) is 0.818. The van der Waals surface area contributed by atoms with Crippen LogP contribution in [0.25, 0.3) is 0 Å². The molecule has 2 atom stereocenters. The molecule has 0 aromatic rings. The standard InChI is InChI=1S/C11H20N2O3S/c1-7(2)9(5-10(14)15)13-11(16)12-8-3-4-17-6-8/h7-9H,3-6H2,1-2H3,(H,14,15)(H2,12,13,16). The maximum Gasteiger partial charge on any atom is 0.315 e. The third kappa shape index (κ3) is 5.30. The summed E-state index contributed by atoms with van der Waals surface area (Å²) in [5.41, 5.74) is 0. The molecule has 1 fully saturated rings. The Bertz CT molecular complexity index is 278. The summed E-state index contributed by atoms with van der Waals surface area (Å²) in [6.07, 6.45) is 0.952. The van der Waals surface area contributed by atoms with Crippen LogP contribution in [0.3, 0.4) is 0 Å². The Labute approximate surface area is 106 Å². The van der Waals surface area contributed by atoms with Gasteiger partial charge in [0.25, 0.3) is 0 Å². The van der Waals surface area contributed by atoms with Gasteiger partial charge in [-0.05, 0) is 18.1 Å². The number of thioether (sulfide) groups is 1. The van der Waals surface area contributed by atoms with Crippen molar-refractivity contribution < 1.29 is 14.7 Å². The van der Waals surface area contributed by atoms with Gasteiger partial charge in [-0.1, -0.05) is 13.8 Å². The molecule has 3 N–H and O–H groups in total. The minimum absolute atomic E-state index is 0.0372. The lowest BCUT2D eigenvalue weighted by atomic mass is 10.0. The maximum absolute atomic E-state index is 11.7. The largest absolute Gasteiger partial charge is 0.481 e. The van der Waals surface area contributed by atoms with Gasteiger partial charge in [0.2, 0.25) is 0 Å². The Morgan fingerprint density at radius 2 is 2.18 bits per heavy atom. The van der Waals surface area contributed by atoms with Crippen LogP contribution in [0.1, 0.15) is 26.7 Å². The fourth-order valence-corrected chi connectivity index (χ4v) is 2.84. The van der Waals surface area contributed by atoms with Gasteiger partial charge in [-0.25, -0.2) is 4.79 Å². The summed E-state index contributed by atoms with van der Waals surface area (Å²) in [6.45, 7) is 3.80. The molecule has 98 valence electrons. The Hall–Kier alpha value is -0.910. The first-order valence-electron chi connectivity index (χ1n) is 5.85. The lowest BCUT2D eigenvalue weighted by Crippen LogP contribution is -2.48. The van der Waals surface area contributed by atoms with E-state index in [2.05, 4.69) is 10.6 Å². The number of carbonyl (C=O) groups excluding carboxylic acids is 1. The second kappa shape index (κ2) is 6.74. The van der Waals surface area contributed by atoms with E-state index < -0.39 is 5.97 Å². The number of carboxylic acid groups (broad SMARTS) is 1. The lowest BCUT2D eigenvalue weighted by Gasteiger charge is -2.22. The minimum atomic E-state index is -0.888. The van der Waals surface area contributed by atoms with Crippen molar-refractivity contribution in [2.45, 2.75) is 38.8 Å². The molecule has 1 rings (SSSR count). The molecular weight excluding hydrogens is 240 g/mol. The van der Waals surface area contributed by atoms with E-state index in [4.69, 9.17) is 5.11 Å². The molecule has 2 amide bonds. The quantitative estimate of drug-likeness (QED) is 0.696. The predicted octanol–water partition coefficient (Wildman–Crippen LogP) is 1.29. The first-order chi connectivity index (χ1) is 7.99. The molecule has 5 nitrogen and oxygen atoms in total. The normalized spacial score (nSPS) is 21.2. The number of nitrogens with one attached hydrogen (secondary N) is 2. The zero-order valence-electron chi connectivity index (χ0n) is 10.2. The Balaban J connectivity index is 2.37. The van der Waals surface area contributed by atoms with Crippen LogP contribution in [0.15, 0.2) is 0 Å². The average Bonchev–Trinajstić information content (AvgIpc) is 2.68. The summed E-state index contributed by atoms with van der Waals surface area (Å²) in [7, 11) is 0. The van der Waals surface area contributed by atoms with Crippen molar-refractivity contribution in [1.82, 2.24) is 10.6 Å². The van der Waals surface area contributed by atoms with Crippen LogP contribution in [0, 0.1) is 5.92 Å². The average molecular weight is 260 g/mol. The van der Waals surface area contributed by atoms with Gasteiger partial charge in [0.15, 0.2) is 0 Å². The maximum atomic E-state index is 11.7. The molecule has 1 saturated heterocycles. The summed E-state index contributed by atoms with van der Waals surface area (Å²) in [6, 6.07) is -0.350. The van der Waals surface area contributed by atoms with Gasteiger partial charge >= 0.3 is 12.0 Å². The van der Waals surface area contributed by atoms with Crippen molar-refractivity contribution in [2.75, 3.05) is 11.5 Å². The van der Waals surface area contributed by atoms with Gasteiger partial charge in [-0.15, -0.1) is 0 Å². The molecule has 0 aliphatic carbocycles. The molecule has 2 unspecified atom stereocenters. The van der Waals surface area contributed by atoms with E-state index in [0.717, 1.165) is 17.9 Å². The number of aliphatic carboxylic acids is 1. The Morgan fingerprint density at radius 3 is 2.65 bits per heavy atom. The highest BCUT2D eigenvalue weighted by Gasteiger charge is 2.22. The van der Waals surface area contributed by atoms with Crippen molar-refractivity contribution in [3.8, 4) is 0 Å². The molecule has 1 aliphatic rings. The molecule has 1 heterocycles.